The van der Waals surface area contributed by atoms with Gasteiger partial charge in [-0.3, -0.25) is 9.78 Å². The lowest BCUT2D eigenvalue weighted by Gasteiger charge is -2.30. The molecule has 0 unspecified atom stereocenters. The van der Waals surface area contributed by atoms with Crippen molar-refractivity contribution in [2.75, 3.05) is 43.6 Å². The van der Waals surface area contributed by atoms with Crippen LogP contribution in [0.5, 0.6) is 5.75 Å². The van der Waals surface area contributed by atoms with E-state index in [9.17, 15) is 4.79 Å². The first-order chi connectivity index (χ1) is 13.3. The maximum atomic E-state index is 13.1. The number of pyridine rings is 1. The van der Waals surface area contributed by atoms with Crippen LogP contribution in [0.1, 0.15) is 10.4 Å². The zero-order chi connectivity index (χ0) is 18.6. The third-order valence-corrected chi connectivity index (χ3v) is 4.68. The van der Waals surface area contributed by atoms with Crippen LogP contribution in [0.15, 0.2) is 54.7 Å². The molecule has 1 amide bonds. The second-order valence-electron chi connectivity index (χ2n) is 6.32. The predicted molar refractivity (Wildman–Crippen MR) is 106 cm³/mol. The summed E-state index contributed by atoms with van der Waals surface area (Å²) in [5.41, 5.74) is 2.92. The molecule has 3 aromatic rings. The fraction of sp³-hybridized carbons (Fsp3) is 0.238. The van der Waals surface area contributed by atoms with Gasteiger partial charge in [-0.25, -0.2) is 0 Å². The Labute approximate surface area is 157 Å². The van der Waals surface area contributed by atoms with E-state index < -0.39 is 0 Å². The topological polar surface area (TPSA) is 63.7 Å². The van der Waals surface area contributed by atoms with Gasteiger partial charge in [0.2, 0.25) is 0 Å². The summed E-state index contributed by atoms with van der Waals surface area (Å²) in [6.07, 6.45) is 1.73. The van der Waals surface area contributed by atoms with Crippen molar-refractivity contribution in [2.24, 2.45) is 0 Å². The number of para-hydroxylation sites is 1. The lowest BCUT2D eigenvalue weighted by atomic mass is 10.1. The average molecular weight is 363 g/mol. The number of carbonyl (C=O) groups is 1. The van der Waals surface area contributed by atoms with Gasteiger partial charge in [-0.15, -0.1) is 0 Å². The molecular formula is C21H21N3O3. The van der Waals surface area contributed by atoms with Crippen molar-refractivity contribution in [3.05, 3.63) is 60.3 Å². The number of amides is 1. The molecule has 0 spiro atoms. The Morgan fingerprint density at radius 3 is 2.78 bits per heavy atom. The highest BCUT2D eigenvalue weighted by molar-refractivity contribution is 6.11. The summed E-state index contributed by atoms with van der Waals surface area (Å²) in [5, 5.41) is 4.00. The van der Waals surface area contributed by atoms with Gasteiger partial charge in [-0.05, 0) is 24.3 Å². The number of hydrogen-bond donors (Lipinski definition) is 1. The first-order valence-electron chi connectivity index (χ1n) is 8.92. The van der Waals surface area contributed by atoms with Crippen molar-refractivity contribution in [3.8, 4) is 5.75 Å². The highest BCUT2D eigenvalue weighted by atomic mass is 16.5. The van der Waals surface area contributed by atoms with Crippen LogP contribution >= 0.6 is 0 Å². The number of morpholine rings is 1. The van der Waals surface area contributed by atoms with E-state index in [2.05, 4.69) is 15.2 Å². The van der Waals surface area contributed by atoms with Crippen LogP contribution in [0.25, 0.3) is 10.9 Å². The molecular weight excluding hydrogens is 342 g/mol. The van der Waals surface area contributed by atoms with E-state index in [0.29, 0.717) is 24.5 Å². The third kappa shape index (κ3) is 3.57. The Bertz CT molecular complexity index is 963. The minimum absolute atomic E-state index is 0.169. The van der Waals surface area contributed by atoms with Gasteiger partial charge in [0.05, 0.1) is 42.8 Å². The van der Waals surface area contributed by atoms with E-state index in [4.69, 9.17) is 9.47 Å². The molecule has 0 radical (unpaired) electrons. The lowest BCUT2D eigenvalue weighted by molar-refractivity contribution is 0.102. The largest absolute Gasteiger partial charge is 0.497 e. The van der Waals surface area contributed by atoms with E-state index in [1.807, 2.05) is 36.4 Å². The highest BCUT2D eigenvalue weighted by Crippen LogP contribution is 2.29. The van der Waals surface area contributed by atoms with E-state index in [1.54, 1.807) is 25.4 Å². The molecule has 1 fully saturated rings. The quantitative estimate of drug-likeness (QED) is 0.770. The van der Waals surface area contributed by atoms with Gasteiger partial charge in [-0.2, -0.15) is 0 Å². The second-order valence-corrected chi connectivity index (χ2v) is 6.32. The molecule has 1 aliphatic heterocycles. The number of methoxy groups -OCH3 is 1. The third-order valence-electron chi connectivity index (χ3n) is 4.68. The summed E-state index contributed by atoms with van der Waals surface area (Å²) < 4.78 is 10.8. The number of aromatic nitrogens is 1. The number of fused-ring (bicyclic) bond motifs is 1. The first kappa shape index (κ1) is 17.3. The molecule has 138 valence electrons. The van der Waals surface area contributed by atoms with Crippen LogP contribution in [0.3, 0.4) is 0 Å². The van der Waals surface area contributed by atoms with Gasteiger partial charge in [0, 0.05) is 30.7 Å². The average Bonchev–Trinajstić information content (AvgIpc) is 2.74. The maximum Gasteiger partial charge on any atom is 0.257 e. The van der Waals surface area contributed by atoms with Crippen molar-refractivity contribution in [1.29, 1.82) is 0 Å². The van der Waals surface area contributed by atoms with Gasteiger partial charge in [0.1, 0.15) is 5.75 Å². The number of nitrogens with zero attached hydrogens (tertiary/aromatic N) is 2. The summed E-state index contributed by atoms with van der Waals surface area (Å²) in [5.74, 6) is 0.553. The maximum absolute atomic E-state index is 13.1. The van der Waals surface area contributed by atoms with Crippen LogP contribution in [-0.4, -0.2) is 44.3 Å². The lowest BCUT2D eigenvalue weighted by Crippen LogP contribution is -2.37. The summed E-state index contributed by atoms with van der Waals surface area (Å²) in [4.78, 5) is 19.6. The molecule has 4 rings (SSSR count). The molecule has 0 saturated carbocycles. The fourth-order valence-electron chi connectivity index (χ4n) is 3.29. The first-order valence-corrected chi connectivity index (χ1v) is 8.92. The standard InChI is InChI=1S/C21H21N3O3/c1-26-16-7-8-17(19(14-16)24-10-12-27-13-11-24)21(25)23-18-6-2-4-15-5-3-9-22-20(15)18/h2-9,14H,10-13H2,1H3,(H,23,25). The Morgan fingerprint density at radius 1 is 1.15 bits per heavy atom. The minimum atomic E-state index is -0.169. The van der Waals surface area contributed by atoms with E-state index >= 15 is 0 Å². The number of rotatable bonds is 4. The number of benzene rings is 2. The molecule has 6 heteroatoms. The molecule has 27 heavy (non-hydrogen) atoms. The zero-order valence-electron chi connectivity index (χ0n) is 15.1. The molecule has 2 aromatic carbocycles. The molecule has 2 heterocycles. The van der Waals surface area contributed by atoms with Gasteiger partial charge in [0.25, 0.3) is 5.91 Å². The molecule has 0 atom stereocenters. The summed E-state index contributed by atoms with van der Waals surface area (Å²) >= 11 is 0. The van der Waals surface area contributed by atoms with E-state index in [1.165, 1.54) is 0 Å². The van der Waals surface area contributed by atoms with Gasteiger partial charge in [-0.1, -0.05) is 18.2 Å². The van der Waals surface area contributed by atoms with Crippen molar-refractivity contribution in [3.63, 3.8) is 0 Å². The molecule has 0 bridgehead atoms. The summed E-state index contributed by atoms with van der Waals surface area (Å²) in [6, 6.07) is 15.1. The number of hydrogen-bond acceptors (Lipinski definition) is 5. The normalized spacial score (nSPS) is 14.2. The van der Waals surface area contributed by atoms with Crippen LogP contribution < -0.4 is 15.0 Å². The molecule has 0 aliphatic carbocycles. The molecule has 1 saturated heterocycles. The second kappa shape index (κ2) is 7.63. The van der Waals surface area contributed by atoms with Gasteiger partial charge in [0.15, 0.2) is 0 Å². The fourth-order valence-corrected chi connectivity index (χ4v) is 3.29. The molecule has 1 N–H and O–H groups in total. The Balaban J connectivity index is 1.68. The Hall–Kier alpha value is -3.12. The molecule has 6 nitrogen and oxygen atoms in total. The van der Waals surface area contributed by atoms with Crippen LogP contribution in [0.2, 0.25) is 0 Å². The van der Waals surface area contributed by atoms with Crippen LogP contribution in [0, 0.1) is 0 Å². The van der Waals surface area contributed by atoms with Gasteiger partial charge >= 0.3 is 0 Å². The van der Waals surface area contributed by atoms with Crippen molar-refractivity contribution in [1.82, 2.24) is 4.98 Å². The minimum Gasteiger partial charge on any atom is -0.497 e. The Kier molecular flexibility index (Phi) is 4.89. The van der Waals surface area contributed by atoms with E-state index in [0.717, 1.165) is 35.4 Å². The number of nitrogens with one attached hydrogen (secondary N) is 1. The predicted octanol–water partition coefficient (Wildman–Crippen LogP) is 3.33. The van der Waals surface area contributed by atoms with Crippen molar-refractivity contribution < 1.29 is 14.3 Å². The van der Waals surface area contributed by atoms with Crippen LogP contribution in [0.4, 0.5) is 11.4 Å². The number of ether oxygens (including phenoxy) is 2. The summed E-state index contributed by atoms with van der Waals surface area (Å²) in [6.45, 7) is 2.77. The summed E-state index contributed by atoms with van der Waals surface area (Å²) in [7, 11) is 1.62. The Morgan fingerprint density at radius 2 is 1.96 bits per heavy atom. The van der Waals surface area contributed by atoms with E-state index in [-0.39, 0.29) is 5.91 Å². The van der Waals surface area contributed by atoms with Gasteiger partial charge < -0.3 is 19.7 Å². The van der Waals surface area contributed by atoms with Crippen molar-refractivity contribution in [2.45, 2.75) is 0 Å². The smallest absolute Gasteiger partial charge is 0.257 e. The SMILES string of the molecule is COc1ccc(C(=O)Nc2cccc3cccnc23)c(N2CCOCC2)c1. The monoisotopic (exact) mass is 363 g/mol. The van der Waals surface area contributed by atoms with Crippen LogP contribution in [-0.2, 0) is 4.74 Å². The van der Waals surface area contributed by atoms with Crippen molar-refractivity contribution >= 4 is 28.2 Å². The number of anilines is 2. The number of carbonyl (C=O) groups excluding carboxylic acids is 1. The molecule has 1 aliphatic rings. The zero-order valence-corrected chi connectivity index (χ0v) is 15.1. The highest BCUT2D eigenvalue weighted by Gasteiger charge is 2.20. The molecule has 1 aromatic heterocycles.